The number of piperazine rings is 1. The first kappa shape index (κ1) is 15.6. The molecule has 1 aliphatic heterocycles. The van der Waals surface area contributed by atoms with Crippen LogP contribution >= 0.6 is 11.3 Å². The fourth-order valence-corrected chi connectivity index (χ4v) is 2.91. The molecule has 21 heavy (non-hydrogen) atoms. The van der Waals surface area contributed by atoms with Crippen molar-refractivity contribution in [2.45, 2.75) is 13.3 Å². The summed E-state index contributed by atoms with van der Waals surface area (Å²) < 4.78 is 0. The summed E-state index contributed by atoms with van der Waals surface area (Å²) in [6.07, 6.45) is 1.85. The van der Waals surface area contributed by atoms with Crippen LogP contribution in [0.15, 0.2) is 11.6 Å². The fraction of sp³-hybridized carbons (Fsp3) is 0.615. The lowest BCUT2D eigenvalue weighted by molar-refractivity contribution is -0.137. The van der Waals surface area contributed by atoms with Crippen molar-refractivity contribution in [2.75, 3.05) is 37.6 Å². The van der Waals surface area contributed by atoms with Crippen LogP contribution in [0.5, 0.6) is 0 Å². The Kier molecular flexibility index (Phi) is 5.38. The number of carboxylic acid groups (broad SMARTS) is 1. The van der Waals surface area contributed by atoms with Crippen molar-refractivity contribution in [1.82, 2.24) is 15.2 Å². The SMILES string of the molecule is CC(CNC(=O)N1CCN(c2nccs2)CC1)CC(=O)O. The van der Waals surface area contributed by atoms with Gasteiger partial charge in [0.05, 0.1) is 0 Å². The average molecular weight is 312 g/mol. The van der Waals surface area contributed by atoms with Gasteiger partial charge in [0, 0.05) is 50.7 Å². The van der Waals surface area contributed by atoms with Crippen LogP contribution < -0.4 is 10.2 Å². The maximum Gasteiger partial charge on any atom is 0.317 e. The molecule has 1 fully saturated rings. The van der Waals surface area contributed by atoms with Crippen LogP contribution in [0, 0.1) is 5.92 Å². The summed E-state index contributed by atoms with van der Waals surface area (Å²) in [6, 6.07) is -0.119. The highest BCUT2D eigenvalue weighted by molar-refractivity contribution is 7.13. The molecule has 1 aromatic rings. The number of aliphatic carboxylic acids is 1. The maximum absolute atomic E-state index is 12.0. The number of hydrogen-bond donors (Lipinski definition) is 2. The summed E-state index contributed by atoms with van der Waals surface area (Å²) >= 11 is 1.60. The molecule has 2 rings (SSSR count). The highest BCUT2D eigenvalue weighted by atomic mass is 32.1. The zero-order valence-electron chi connectivity index (χ0n) is 12.0. The molecule has 0 radical (unpaired) electrons. The Morgan fingerprint density at radius 2 is 2.14 bits per heavy atom. The standard InChI is InChI=1S/C13H20N4O3S/c1-10(8-11(18)19)9-15-12(20)16-3-5-17(6-4-16)13-14-2-7-21-13/h2,7,10H,3-6,8-9H2,1H3,(H,15,20)(H,18,19). The second-order valence-corrected chi connectivity index (χ2v) is 6.05. The molecule has 7 nitrogen and oxygen atoms in total. The topological polar surface area (TPSA) is 85.8 Å². The highest BCUT2D eigenvalue weighted by Gasteiger charge is 2.22. The number of aromatic nitrogens is 1. The van der Waals surface area contributed by atoms with Crippen molar-refractivity contribution in [3.8, 4) is 0 Å². The molecule has 0 aromatic carbocycles. The summed E-state index contributed by atoms with van der Waals surface area (Å²) in [5.74, 6) is -0.906. The minimum absolute atomic E-state index is 0.0666. The summed E-state index contributed by atoms with van der Waals surface area (Å²) in [4.78, 5) is 30.8. The van der Waals surface area contributed by atoms with Crippen LogP contribution in [-0.2, 0) is 4.79 Å². The van der Waals surface area contributed by atoms with E-state index in [1.54, 1.807) is 22.4 Å². The number of rotatable bonds is 5. The summed E-state index contributed by atoms with van der Waals surface area (Å²) in [6.45, 7) is 5.04. The number of nitrogens with one attached hydrogen (secondary N) is 1. The molecular formula is C13H20N4O3S. The third kappa shape index (κ3) is 4.59. The van der Waals surface area contributed by atoms with Crippen LogP contribution in [0.4, 0.5) is 9.93 Å². The Balaban J connectivity index is 1.72. The van der Waals surface area contributed by atoms with Gasteiger partial charge in [0.2, 0.25) is 0 Å². The third-order valence-electron chi connectivity index (χ3n) is 3.38. The Morgan fingerprint density at radius 1 is 1.43 bits per heavy atom. The number of carbonyl (C=O) groups is 2. The van der Waals surface area contributed by atoms with Gasteiger partial charge in [-0.3, -0.25) is 4.79 Å². The Labute approximate surface area is 127 Å². The molecule has 2 N–H and O–H groups in total. The first-order chi connectivity index (χ1) is 10.1. The molecule has 0 spiro atoms. The van der Waals surface area contributed by atoms with Gasteiger partial charge >= 0.3 is 12.0 Å². The van der Waals surface area contributed by atoms with Crippen LogP contribution in [0.25, 0.3) is 0 Å². The molecule has 2 amide bonds. The Bertz CT molecular complexity index is 472. The third-order valence-corrected chi connectivity index (χ3v) is 4.21. The Morgan fingerprint density at radius 3 is 2.71 bits per heavy atom. The van der Waals surface area contributed by atoms with E-state index in [-0.39, 0.29) is 18.4 Å². The lowest BCUT2D eigenvalue weighted by Gasteiger charge is -2.34. The number of carbonyl (C=O) groups excluding carboxylic acids is 1. The normalized spacial score (nSPS) is 16.6. The number of urea groups is 1. The molecule has 0 saturated carbocycles. The van der Waals surface area contributed by atoms with E-state index in [0.717, 1.165) is 18.2 Å². The van der Waals surface area contributed by atoms with Crippen molar-refractivity contribution in [2.24, 2.45) is 5.92 Å². The van der Waals surface area contributed by atoms with Crippen molar-refractivity contribution >= 4 is 28.5 Å². The summed E-state index contributed by atoms with van der Waals surface area (Å²) in [5, 5.41) is 14.4. The number of nitrogens with zero attached hydrogens (tertiary/aromatic N) is 3. The molecule has 0 bridgehead atoms. The van der Waals surface area contributed by atoms with Crippen molar-refractivity contribution in [3.63, 3.8) is 0 Å². The lowest BCUT2D eigenvalue weighted by Crippen LogP contribution is -2.52. The number of amides is 2. The van der Waals surface area contributed by atoms with Gasteiger partial charge in [0.1, 0.15) is 0 Å². The van der Waals surface area contributed by atoms with Crippen LogP contribution in [-0.4, -0.2) is 59.7 Å². The van der Waals surface area contributed by atoms with Gasteiger partial charge in [-0.15, -0.1) is 11.3 Å². The van der Waals surface area contributed by atoms with Gasteiger partial charge in [0.15, 0.2) is 5.13 Å². The van der Waals surface area contributed by atoms with Gasteiger partial charge in [-0.05, 0) is 5.92 Å². The molecule has 8 heteroatoms. The number of hydrogen-bond acceptors (Lipinski definition) is 5. The van der Waals surface area contributed by atoms with E-state index in [4.69, 9.17) is 5.11 Å². The molecule has 1 unspecified atom stereocenters. The quantitative estimate of drug-likeness (QED) is 0.850. The molecule has 0 aliphatic carbocycles. The molecule has 1 aliphatic rings. The first-order valence-electron chi connectivity index (χ1n) is 6.95. The van der Waals surface area contributed by atoms with Crippen LogP contribution in [0.1, 0.15) is 13.3 Å². The van der Waals surface area contributed by atoms with Crippen LogP contribution in [0.3, 0.4) is 0 Å². The summed E-state index contributed by atoms with van der Waals surface area (Å²) in [5.41, 5.74) is 0. The van der Waals surface area contributed by atoms with Gasteiger partial charge in [-0.2, -0.15) is 0 Å². The van der Waals surface area contributed by atoms with E-state index in [2.05, 4.69) is 15.2 Å². The van der Waals surface area contributed by atoms with E-state index < -0.39 is 5.97 Å². The van der Waals surface area contributed by atoms with Crippen molar-refractivity contribution in [3.05, 3.63) is 11.6 Å². The van der Waals surface area contributed by atoms with Crippen LogP contribution in [0.2, 0.25) is 0 Å². The smallest absolute Gasteiger partial charge is 0.317 e. The average Bonchev–Trinajstić information content (AvgIpc) is 2.98. The Hall–Kier alpha value is -1.83. The predicted molar refractivity (Wildman–Crippen MR) is 80.7 cm³/mol. The first-order valence-corrected chi connectivity index (χ1v) is 7.83. The van der Waals surface area contributed by atoms with E-state index in [1.807, 2.05) is 12.3 Å². The van der Waals surface area contributed by atoms with Gasteiger partial charge in [-0.25, -0.2) is 9.78 Å². The monoisotopic (exact) mass is 312 g/mol. The molecule has 1 atom stereocenters. The van der Waals surface area contributed by atoms with Gasteiger partial charge in [-0.1, -0.05) is 6.92 Å². The largest absolute Gasteiger partial charge is 0.481 e. The molecule has 1 aromatic heterocycles. The molecule has 1 saturated heterocycles. The predicted octanol–water partition coefficient (Wildman–Crippen LogP) is 1.09. The zero-order valence-corrected chi connectivity index (χ0v) is 12.8. The highest BCUT2D eigenvalue weighted by Crippen LogP contribution is 2.18. The van der Waals surface area contributed by atoms with E-state index in [9.17, 15) is 9.59 Å². The lowest BCUT2D eigenvalue weighted by atomic mass is 10.1. The zero-order chi connectivity index (χ0) is 15.2. The van der Waals surface area contributed by atoms with E-state index >= 15 is 0 Å². The van der Waals surface area contributed by atoms with Crippen molar-refractivity contribution < 1.29 is 14.7 Å². The minimum atomic E-state index is -0.839. The molecule has 2 heterocycles. The maximum atomic E-state index is 12.0. The molecule has 116 valence electrons. The van der Waals surface area contributed by atoms with Gasteiger partial charge < -0.3 is 20.2 Å². The minimum Gasteiger partial charge on any atom is -0.481 e. The summed E-state index contributed by atoms with van der Waals surface area (Å²) in [7, 11) is 0. The number of anilines is 1. The second-order valence-electron chi connectivity index (χ2n) is 5.18. The van der Waals surface area contributed by atoms with E-state index in [0.29, 0.717) is 19.6 Å². The van der Waals surface area contributed by atoms with Crippen molar-refractivity contribution in [1.29, 1.82) is 0 Å². The fourth-order valence-electron chi connectivity index (χ4n) is 2.22. The number of carboxylic acids is 1. The van der Waals surface area contributed by atoms with Gasteiger partial charge in [0.25, 0.3) is 0 Å². The molecular weight excluding hydrogens is 292 g/mol. The second kappa shape index (κ2) is 7.26. The van der Waals surface area contributed by atoms with E-state index in [1.165, 1.54) is 0 Å². The number of thiazole rings is 1.